The second-order valence-corrected chi connectivity index (χ2v) is 4.77. The molecule has 0 bridgehead atoms. The highest BCUT2D eigenvalue weighted by Gasteiger charge is 2.38. The molecule has 0 aliphatic rings. The number of fused-ring (bicyclic) bond motifs is 1. The normalized spacial score (nSPS) is 11.7. The number of rotatable bonds is 2. The number of hydrogen-bond donors (Lipinski definition) is 1. The molecule has 9 heteroatoms. The maximum absolute atomic E-state index is 12.3. The molecule has 0 atom stereocenters. The number of hydrogen-bond acceptors (Lipinski definition) is 4. The summed E-state index contributed by atoms with van der Waals surface area (Å²) in [6.07, 6.45) is -4.94. The van der Waals surface area contributed by atoms with Gasteiger partial charge in [0.15, 0.2) is 11.5 Å². The SMILES string of the molecule is Cc1nnc2ccc(-c3cccc(NC(=O)C(F)(F)F)c3)nn12. The van der Waals surface area contributed by atoms with Gasteiger partial charge in [0.2, 0.25) is 0 Å². The molecular formula is C14H10F3N5O. The van der Waals surface area contributed by atoms with Crippen LogP contribution in [0.15, 0.2) is 36.4 Å². The molecule has 0 fully saturated rings. The Labute approximate surface area is 128 Å². The lowest BCUT2D eigenvalue weighted by Gasteiger charge is -2.09. The maximum Gasteiger partial charge on any atom is 0.471 e. The van der Waals surface area contributed by atoms with Gasteiger partial charge in [0.25, 0.3) is 0 Å². The Morgan fingerprint density at radius 1 is 1.17 bits per heavy atom. The summed E-state index contributed by atoms with van der Waals surface area (Å²) in [6, 6.07) is 9.37. The van der Waals surface area contributed by atoms with Crippen molar-refractivity contribution < 1.29 is 18.0 Å². The minimum absolute atomic E-state index is 0.0344. The van der Waals surface area contributed by atoms with Gasteiger partial charge in [-0.15, -0.1) is 10.2 Å². The summed E-state index contributed by atoms with van der Waals surface area (Å²) in [4.78, 5) is 11.0. The van der Waals surface area contributed by atoms with Gasteiger partial charge in [-0.1, -0.05) is 12.1 Å². The molecule has 0 aliphatic heterocycles. The molecule has 0 radical (unpaired) electrons. The number of amides is 1. The number of nitrogens with one attached hydrogen (secondary N) is 1. The van der Waals surface area contributed by atoms with E-state index in [1.54, 1.807) is 25.1 Å². The van der Waals surface area contributed by atoms with Crippen molar-refractivity contribution in [3.63, 3.8) is 0 Å². The van der Waals surface area contributed by atoms with E-state index in [0.29, 0.717) is 22.7 Å². The van der Waals surface area contributed by atoms with Crippen molar-refractivity contribution in [2.75, 3.05) is 5.32 Å². The van der Waals surface area contributed by atoms with Gasteiger partial charge in [-0.05, 0) is 31.2 Å². The van der Waals surface area contributed by atoms with E-state index < -0.39 is 12.1 Å². The van der Waals surface area contributed by atoms with E-state index in [1.165, 1.54) is 22.7 Å². The average molecular weight is 321 g/mol. The number of benzene rings is 1. The Morgan fingerprint density at radius 3 is 2.70 bits per heavy atom. The summed E-state index contributed by atoms with van der Waals surface area (Å²) in [5.74, 6) is -1.43. The molecule has 23 heavy (non-hydrogen) atoms. The summed E-state index contributed by atoms with van der Waals surface area (Å²) in [6.45, 7) is 1.73. The number of anilines is 1. The van der Waals surface area contributed by atoms with Crippen LogP contribution in [0.3, 0.4) is 0 Å². The standard InChI is InChI=1S/C14H10F3N5O/c1-8-19-20-12-6-5-11(21-22(8)12)9-3-2-4-10(7-9)18-13(23)14(15,16)17/h2-7H,1H3,(H,18,23). The fraction of sp³-hybridized carbons (Fsp3) is 0.143. The first kappa shape index (κ1) is 14.9. The van der Waals surface area contributed by atoms with Gasteiger partial charge in [0, 0.05) is 11.3 Å². The van der Waals surface area contributed by atoms with Gasteiger partial charge in [0.1, 0.15) is 0 Å². The molecule has 0 aliphatic carbocycles. The lowest BCUT2D eigenvalue weighted by Crippen LogP contribution is -2.29. The van der Waals surface area contributed by atoms with Gasteiger partial charge in [-0.25, -0.2) is 0 Å². The minimum atomic E-state index is -4.94. The molecule has 0 saturated carbocycles. The van der Waals surface area contributed by atoms with E-state index in [9.17, 15) is 18.0 Å². The minimum Gasteiger partial charge on any atom is -0.318 e. The predicted molar refractivity (Wildman–Crippen MR) is 75.6 cm³/mol. The summed E-state index contributed by atoms with van der Waals surface area (Å²) >= 11 is 0. The first-order valence-corrected chi connectivity index (χ1v) is 6.52. The first-order valence-electron chi connectivity index (χ1n) is 6.52. The van der Waals surface area contributed by atoms with Crippen LogP contribution in [-0.4, -0.2) is 31.9 Å². The van der Waals surface area contributed by atoms with Gasteiger partial charge < -0.3 is 5.32 Å². The van der Waals surface area contributed by atoms with Crippen LogP contribution in [0.1, 0.15) is 5.82 Å². The Hall–Kier alpha value is -2.97. The number of carbonyl (C=O) groups is 1. The molecule has 1 amide bonds. The van der Waals surface area contributed by atoms with Crippen molar-refractivity contribution in [2.24, 2.45) is 0 Å². The highest BCUT2D eigenvalue weighted by molar-refractivity contribution is 5.95. The van der Waals surface area contributed by atoms with E-state index in [1.807, 2.05) is 5.32 Å². The molecule has 3 aromatic rings. The van der Waals surface area contributed by atoms with Crippen LogP contribution in [0.2, 0.25) is 0 Å². The predicted octanol–water partition coefficient (Wildman–Crippen LogP) is 2.60. The van der Waals surface area contributed by atoms with Crippen molar-refractivity contribution in [3.05, 3.63) is 42.2 Å². The molecule has 0 unspecified atom stereocenters. The average Bonchev–Trinajstić information content (AvgIpc) is 2.87. The van der Waals surface area contributed by atoms with Gasteiger partial charge >= 0.3 is 12.1 Å². The topological polar surface area (TPSA) is 72.2 Å². The molecule has 118 valence electrons. The van der Waals surface area contributed by atoms with E-state index in [0.717, 1.165) is 0 Å². The molecule has 1 N–H and O–H groups in total. The highest BCUT2D eigenvalue weighted by Crippen LogP contribution is 2.23. The number of carbonyl (C=O) groups excluding carboxylic acids is 1. The van der Waals surface area contributed by atoms with Crippen LogP contribution in [0, 0.1) is 6.92 Å². The van der Waals surface area contributed by atoms with Gasteiger partial charge in [0.05, 0.1) is 5.69 Å². The molecule has 2 heterocycles. The molecule has 1 aromatic carbocycles. The maximum atomic E-state index is 12.3. The fourth-order valence-corrected chi connectivity index (χ4v) is 2.01. The molecular weight excluding hydrogens is 311 g/mol. The highest BCUT2D eigenvalue weighted by atomic mass is 19.4. The third-order valence-electron chi connectivity index (χ3n) is 3.09. The quantitative estimate of drug-likeness (QED) is 0.787. The summed E-state index contributed by atoms with van der Waals surface area (Å²) in [7, 11) is 0. The second kappa shape index (κ2) is 5.34. The Balaban J connectivity index is 1.95. The Bertz CT molecular complexity index is 887. The van der Waals surface area contributed by atoms with Crippen molar-refractivity contribution in [1.29, 1.82) is 0 Å². The molecule has 0 spiro atoms. The van der Waals surface area contributed by atoms with Crippen LogP contribution in [0.25, 0.3) is 16.9 Å². The van der Waals surface area contributed by atoms with E-state index in [4.69, 9.17) is 0 Å². The lowest BCUT2D eigenvalue weighted by molar-refractivity contribution is -0.167. The van der Waals surface area contributed by atoms with Gasteiger partial charge in [-0.3, -0.25) is 4.79 Å². The van der Waals surface area contributed by atoms with Crippen LogP contribution in [-0.2, 0) is 4.79 Å². The summed E-state index contributed by atoms with van der Waals surface area (Å²) in [5, 5.41) is 13.9. The summed E-state index contributed by atoms with van der Waals surface area (Å²) in [5.41, 5.74) is 1.67. The van der Waals surface area contributed by atoms with Crippen LogP contribution < -0.4 is 5.32 Å². The fourth-order valence-electron chi connectivity index (χ4n) is 2.01. The van der Waals surface area contributed by atoms with Crippen LogP contribution in [0.5, 0.6) is 0 Å². The smallest absolute Gasteiger partial charge is 0.318 e. The third-order valence-corrected chi connectivity index (χ3v) is 3.09. The summed E-state index contributed by atoms with van der Waals surface area (Å²) < 4.78 is 38.4. The van der Waals surface area contributed by atoms with E-state index >= 15 is 0 Å². The van der Waals surface area contributed by atoms with Crippen LogP contribution >= 0.6 is 0 Å². The number of aryl methyl sites for hydroxylation is 1. The largest absolute Gasteiger partial charge is 0.471 e. The first-order chi connectivity index (χ1) is 10.8. The number of aromatic nitrogens is 4. The third kappa shape index (κ3) is 2.98. The molecule has 0 saturated heterocycles. The molecule has 3 rings (SSSR count). The lowest BCUT2D eigenvalue weighted by atomic mass is 10.1. The monoisotopic (exact) mass is 321 g/mol. The van der Waals surface area contributed by atoms with Crippen molar-refractivity contribution >= 4 is 17.2 Å². The molecule has 6 nitrogen and oxygen atoms in total. The zero-order valence-electron chi connectivity index (χ0n) is 11.8. The van der Waals surface area contributed by atoms with E-state index in [2.05, 4.69) is 15.3 Å². The Morgan fingerprint density at radius 2 is 1.96 bits per heavy atom. The van der Waals surface area contributed by atoms with Gasteiger partial charge in [-0.2, -0.15) is 22.8 Å². The second-order valence-electron chi connectivity index (χ2n) is 4.77. The van der Waals surface area contributed by atoms with Crippen molar-refractivity contribution in [3.8, 4) is 11.3 Å². The van der Waals surface area contributed by atoms with Crippen molar-refractivity contribution in [1.82, 2.24) is 19.8 Å². The van der Waals surface area contributed by atoms with E-state index in [-0.39, 0.29) is 5.69 Å². The number of halogens is 3. The zero-order valence-corrected chi connectivity index (χ0v) is 11.8. The number of nitrogens with zero attached hydrogens (tertiary/aromatic N) is 4. The van der Waals surface area contributed by atoms with Crippen LogP contribution in [0.4, 0.5) is 18.9 Å². The Kier molecular flexibility index (Phi) is 3.47. The number of alkyl halides is 3. The zero-order chi connectivity index (χ0) is 16.6. The molecule has 2 aromatic heterocycles. The van der Waals surface area contributed by atoms with Crippen molar-refractivity contribution in [2.45, 2.75) is 13.1 Å².